The van der Waals surface area contributed by atoms with Crippen molar-refractivity contribution < 1.29 is 22.4 Å². The summed E-state index contributed by atoms with van der Waals surface area (Å²) in [7, 11) is -3.45. The zero-order valence-corrected chi connectivity index (χ0v) is 15.6. The lowest BCUT2D eigenvalue weighted by Crippen LogP contribution is -2.48. The van der Waals surface area contributed by atoms with Crippen molar-refractivity contribution in [3.8, 4) is 0 Å². The fraction of sp³-hybridized carbons (Fsp3) is 0.529. The highest BCUT2D eigenvalue weighted by molar-refractivity contribution is 7.88. The van der Waals surface area contributed by atoms with E-state index >= 15 is 0 Å². The smallest absolute Gasteiger partial charge is 0.224 e. The van der Waals surface area contributed by atoms with Crippen LogP contribution in [0.2, 0.25) is 0 Å². The molecule has 0 bridgehead atoms. The Labute approximate surface area is 153 Å². The fourth-order valence-corrected chi connectivity index (χ4v) is 3.65. The molecule has 1 aliphatic rings. The first-order chi connectivity index (χ1) is 12.3. The second kappa shape index (κ2) is 9.09. The van der Waals surface area contributed by atoms with Crippen LogP contribution in [0.1, 0.15) is 12.0 Å². The fourth-order valence-electron chi connectivity index (χ4n) is 2.80. The van der Waals surface area contributed by atoms with Gasteiger partial charge in [0.15, 0.2) is 0 Å². The average molecular weight is 385 g/mol. The predicted molar refractivity (Wildman–Crippen MR) is 95.4 cm³/mol. The maximum atomic E-state index is 12.9. The molecule has 2 rings (SSSR count). The van der Waals surface area contributed by atoms with Gasteiger partial charge >= 0.3 is 0 Å². The van der Waals surface area contributed by atoms with Crippen LogP contribution in [-0.2, 0) is 26.0 Å². The molecule has 9 heteroatoms. The summed E-state index contributed by atoms with van der Waals surface area (Å²) >= 11 is 0. The Kier molecular flexibility index (Phi) is 7.10. The van der Waals surface area contributed by atoms with Crippen molar-refractivity contribution >= 4 is 22.3 Å². The second-order valence-electron chi connectivity index (χ2n) is 6.31. The molecule has 144 valence electrons. The van der Waals surface area contributed by atoms with E-state index in [1.807, 2.05) is 0 Å². The number of hydrogen-bond donors (Lipinski definition) is 0. The normalized spacial score (nSPS) is 15.3. The molecule has 1 aromatic rings. The highest BCUT2D eigenvalue weighted by Crippen LogP contribution is 2.09. The van der Waals surface area contributed by atoms with Crippen LogP contribution in [0.5, 0.6) is 0 Å². The first kappa shape index (κ1) is 20.3. The van der Waals surface area contributed by atoms with Crippen LogP contribution in [0, 0.1) is 5.82 Å². The van der Waals surface area contributed by atoms with E-state index in [0.717, 1.165) is 18.2 Å². The largest absolute Gasteiger partial charge is 0.342 e. The van der Waals surface area contributed by atoms with Crippen molar-refractivity contribution in [1.82, 2.24) is 14.1 Å². The summed E-state index contributed by atoms with van der Waals surface area (Å²) in [4.78, 5) is 26.2. The van der Waals surface area contributed by atoms with Crippen LogP contribution in [-0.4, -0.2) is 80.4 Å². The molecule has 7 nitrogen and oxygen atoms in total. The van der Waals surface area contributed by atoms with Gasteiger partial charge in [-0.1, -0.05) is 12.1 Å². The van der Waals surface area contributed by atoms with Crippen molar-refractivity contribution in [2.45, 2.75) is 12.8 Å². The quantitative estimate of drug-likeness (QED) is 0.604. The highest BCUT2D eigenvalue weighted by Gasteiger charge is 2.23. The van der Waals surface area contributed by atoms with Crippen LogP contribution in [0.4, 0.5) is 4.39 Å². The molecule has 0 N–H and O–H groups in total. The maximum Gasteiger partial charge on any atom is 0.224 e. The van der Waals surface area contributed by atoms with Gasteiger partial charge in [-0.2, -0.15) is 0 Å². The maximum absolute atomic E-state index is 12.9. The molecule has 0 atom stereocenters. The standard InChI is InChI=1S/C17H24FN3O4S/c1-26(24,25)21(8-6-15-2-4-16(18)5-3-15)9-7-17(23)20-12-10-19(14-22)11-13-20/h2-5,14H,6-13H2,1H3. The minimum absolute atomic E-state index is 0.0948. The van der Waals surface area contributed by atoms with E-state index in [1.165, 1.54) is 16.4 Å². The molecule has 1 fully saturated rings. The van der Waals surface area contributed by atoms with Crippen LogP contribution >= 0.6 is 0 Å². The lowest BCUT2D eigenvalue weighted by Gasteiger charge is -2.33. The summed E-state index contributed by atoms with van der Waals surface area (Å²) in [5.41, 5.74) is 0.830. The van der Waals surface area contributed by atoms with Crippen LogP contribution < -0.4 is 0 Å². The van der Waals surface area contributed by atoms with Gasteiger partial charge in [-0.3, -0.25) is 9.59 Å². The molecule has 26 heavy (non-hydrogen) atoms. The third-order valence-corrected chi connectivity index (χ3v) is 5.73. The third kappa shape index (κ3) is 6.06. The topological polar surface area (TPSA) is 78.0 Å². The number of nitrogens with zero attached hydrogens (tertiary/aromatic N) is 3. The number of piperazine rings is 1. The van der Waals surface area contributed by atoms with E-state index in [-0.39, 0.29) is 31.2 Å². The number of halogens is 1. The Balaban J connectivity index is 1.86. The Bertz CT molecular complexity index is 716. The van der Waals surface area contributed by atoms with E-state index in [1.54, 1.807) is 21.9 Å². The average Bonchev–Trinajstić information content (AvgIpc) is 2.62. The minimum Gasteiger partial charge on any atom is -0.342 e. The van der Waals surface area contributed by atoms with Crippen molar-refractivity contribution in [2.24, 2.45) is 0 Å². The molecule has 1 aromatic carbocycles. The molecular weight excluding hydrogens is 361 g/mol. The predicted octanol–water partition coefficient (Wildman–Crippen LogP) is 0.321. The van der Waals surface area contributed by atoms with Gasteiger partial charge in [0.1, 0.15) is 5.82 Å². The number of carbonyl (C=O) groups excluding carboxylic acids is 2. The van der Waals surface area contributed by atoms with Crippen molar-refractivity contribution in [1.29, 1.82) is 0 Å². The first-order valence-corrected chi connectivity index (χ1v) is 10.3. The van der Waals surface area contributed by atoms with Crippen molar-refractivity contribution in [2.75, 3.05) is 45.5 Å². The van der Waals surface area contributed by atoms with E-state index in [2.05, 4.69) is 0 Å². The Morgan fingerprint density at radius 1 is 1.15 bits per heavy atom. The SMILES string of the molecule is CS(=O)(=O)N(CCC(=O)N1CCN(C=O)CC1)CCc1ccc(F)cc1. The van der Waals surface area contributed by atoms with Crippen molar-refractivity contribution in [3.05, 3.63) is 35.6 Å². The first-order valence-electron chi connectivity index (χ1n) is 8.46. The molecule has 0 saturated carbocycles. The summed E-state index contributed by atoms with van der Waals surface area (Å²) < 4.78 is 38.2. The van der Waals surface area contributed by atoms with Gasteiger partial charge in [-0.05, 0) is 24.1 Å². The number of amides is 2. The van der Waals surface area contributed by atoms with E-state index in [0.29, 0.717) is 32.6 Å². The molecule has 1 saturated heterocycles. The van der Waals surface area contributed by atoms with Gasteiger partial charge in [0.25, 0.3) is 0 Å². The summed E-state index contributed by atoms with van der Waals surface area (Å²) in [6.07, 6.45) is 2.42. The zero-order valence-electron chi connectivity index (χ0n) is 14.8. The van der Waals surface area contributed by atoms with Gasteiger partial charge in [0.2, 0.25) is 22.3 Å². The molecule has 0 unspecified atom stereocenters. The molecule has 0 radical (unpaired) electrons. The summed E-state index contributed by atoms with van der Waals surface area (Å²) in [5, 5.41) is 0. The van der Waals surface area contributed by atoms with Crippen LogP contribution in [0.25, 0.3) is 0 Å². The van der Waals surface area contributed by atoms with Crippen LogP contribution in [0.15, 0.2) is 24.3 Å². The van der Waals surface area contributed by atoms with Crippen LogP contribution in [0.3, 0.4) is 0 Å². The van der Waals surface area contributed by atoms with Crippen molar-refractivity contribution in [3.63, 3.8) is 0 Å². The Morgan fingerprint density at radius 3 is 2.31 bits per heavy atom. The number of benzene rings is 1. The summed E-state index contributed by atoms with van der Waals surface area (Å²) in [6, 6.07) is 5.91. The second-order valence-corrected chi connectivity index (χ2v) is 8.29. The molecule has 2 amide bonds. The monoisotopic (exact) mass is 385 g/mol. The highest BCUT2D eigenvalue weighted by atomic mass is 32.2. The number of carbonyl (C=O) groups is 2. The number of sulfonamides is 1. The number of hydrogen-bond acceptors (Lipinski definition) is 4. The Morgan fingerprint density at radius 2 is 1.77 bits per heavy atom. The lowest BCUT2D eigenvalue weighted by molar-refractivity contribution is -0.135. The number of rotatable bonds is 8. The molecule has 1 heterocycles. The van der Waals surface area contributed by atoms with E-state index < -0.39 is 10.0 Å². The van der Waals surface area contributed by atoms with Gasteiger partial charge in [-0.15, -0.1) is 0 Å². The summed E-state index contributed by atoms with van der Waals surface area (Å²) in [6.45, 7) is 2.26. The van der Waals surface area contributed by atoms with Gasteiger partial charge in [0, 0.05) is 45.7 Å². The molecule has 0 aliphatic carbocycles. The molecule has 0 spiro atoms. The lowest BCUT2D eigenvalue weighted by atomic mass is 10.1. The zero-order chi connectivity index (χ0) is 19.2. The third-order valence-electron chi connectivity index (χ3n) is 4.42. The van der Waals surface area contributed by atoms with Gasteiger partial charge in [0.05, 0.1) is 6.26 Å². The molecular formula is C17H24FN3O4S. The summed E-state index contributed by atoms with van der Waals surface area (Å²) in [5.74, 6) is -0.458. The van der Waals surface area contributed by atoms with E-state index in [9.17, 15) is 22.4 Å². The minimum atomic E-state index is -3.45. The molecule has 1 aliphatic heterocycles. The van der Waals surface area contributed by atoms with Gasteiger partial charge < -0.3 is 9.80 Å². The molecule has 0 aromatic heterocycles. The van der Waals surface area contributed by atoms with E-state index in [4.69, 9.17) is 0 Å². The van der Waals surface area contributed by atoms with Gasteiger partial charge in [-0.25, -0.2) is 17.1 Å². The Hall–Kier alpha value is -2.00.